The standard InChI is InChI=1S/C21H25N5O3/c1-28-16-7-8-19(29-2)18(11-16)24-21(27)25-10-4-5-15(12-25)13-26-14-23-17-6-3-9-22-20(17)26/h3,6-9,11,14-15H,4-5,10,12-13H2,1-2H3,(H,24,27). The van der Waals surface area contributed by atoms with Gasteiger partial charge in [-0.3, -0.25) is 0 Å². The highest BCUT2D eigenvalue weighted by molar-refractivity contribution is 5.91. The third-order valence-corrected chi connectivity index (χ3v) is 5.28. The molecule has 1 saturated heterocycles. The molecule has 152 valence electrons. The van der Waals surface area contributed by atoms with Gasteiger partial charge in [-0.05, 0) is 43.0 Å². The van der Waals surface area contributed by atoms with Crippen LogP contribution in [0.15, 0.2) is 42.9 Å². The number of ether oxygens (including phenoxy) is 2. The number of methoxy groups -OCH3 is 2. The summed E-state index contributed by atoms with van der Waals surface area (Å²) in [6.07, 6.45) is 5.65. The Kier molecular flexibility index (Phi) is 5.50. The van der Waals surface area contributed by atoms with Crippen molar-refractivity contribution in [3.05, 3.63) is 42.9 Å². The number of benzene rings is 1. The Morgan fingerprint density at radius 3 is 2.97 bits per heavy atom. The minimum Gasteiger partial charge on any atom is -0.497 e. The van der Waals surface area contributed by atoms with Gasteiger partial charge in [0.1, 0.15) is 17.0 Å². The molecule has 8 nitrogen and oxygen atoms in total. The van der Waals surface area contributed by atoms with Crippen molar-refractivity contribution in [1.29, 1.82) is 0 Å². The summed E-state index contributed by atoms with van der Waals surface area (Å²) in [6.45, 7) is 2.21. The van der Waals surface area contributed by atoms with Gasteiger partial charge in [-0.15, -0.1) is 0 Å². The van der Waals surface area contributed by atoms with E-state index in [1.54, 1.807) is 38.6 Å². The molecule has 0 aliphatic carbocycles. The van der Waals surface area contributed by atoms with Gasteiger partial charge >= 0.3 is 6.03 Å². The van der Waals surface area contributed by atoms with E-state index >= 15 is 0 Å². The maximum atomic E-state index is 12.9. The Balaban J connectivity index is 1.43. The predicted octanol–water partition coefficient (Wildman–Crippen LogP) is 3.39. The third kappa shape index (κ3) is 4.11. The molecule has 1 aromatic carbocycles. The van der Waals surface area contributed by atoms with Crippen LogP contribution in [0.2, 0.25) is 0 Å². The number of amides is 2. The highest BCUT2D eigenvalue weighted by atomic mass is 16.5. The molecule has 1 N–H and O–H groups in total. The van der Waals surface area contributed by atoms with E-state index in [-0.39, 0.29) is 6.03 Å². The highest BCUT2D eigenvalue weighted by Gasteiger charge is 2.25. The van der Waals surface area contributed by atoms with Gasteiger partial charge in [-0.1, -0.05) is 0 Å². The summed E-state index contributed by atoms with van der Waals surface area (Å²) >= 11 is 0. The lowest BCUT2D eigenvalue weighted by molar-refractivity contribution is 0.171. The summed E-state index contributed by atoms with van der Waals surface area (Å²) in [4.78, 5) is 23.6. The number of nitrogens with zero attached hydrogens (tertiary/aromatic N) is 4. The van der Waals surface area contributed by atoms with E-state index in [2.05, 4.69) is 19.9 Å². The number of fused-ring (bicyclic) bond motifs is 1. The van der Waals surface area contributed by atoms with Gasteiger partial charge in [0.25, 0.3) is 0 Å². The molecule has 3 aromatic rings. The van der Waals surface area contributed by atoms with E-state index in [0.717, 1.165) is 37.1 Å². The molecule has 2 amide bonds. The second kappa shape index (κ2) is 8.38. The number of imidazole rings is 1. The molecule has 1 aliphatic heterocycles. The fraction of sp³-hybridized carbons (Fsp3) is 0.381. The average molecular weight is 395 g/mol. The molecule has 1 aliphatic rings. The zero-order chi connectivity index (χ0) is 20.2. The summed E-state index contributed by atoms with van der Waals surface area (Å²) in [7, 11) is 3.18. The van der Waals surface area contributed by atoms with Crippen LogP contribution < -0.4 is 14.8 Å². The van der Waals surface area contributed by atoms with Crippen molar-refractivity contribution in [2.45, 2.75) is 19.4 Å². The number of pyridine rings is 1. The van der Waals surface area contributed by atoms with Crippen LogP contribution in [0.5, 0.6) is 11.5 Å². The first-order valence-corrected chi connectivity index (χ1v) is 9.71. The first-order valence-electron chi connectivity index (χ1n) is 9.71. The fourth-order valence-corrected chi connectivity index (χ4v) is 3.81. The maximum Gasteiger partial charge on any atom is 0.321 e. The number of likely N-dealkylation sites (tertiary alicyclic amines) is 1. The zero-order valence-corrected chi connectivity index (χ0v) is 16.7. The number of hydrogen-bond acceptors (Lipinski definition) is 5. The largest absolute Gasteiger partial charge is 0.497 e. The second-order valence-electron chi connectivity index (χ2n) is 7.19. The topological polar surface area (TPSA) is 81.5 Å². The Bertz CT molecular complexity index is 1000. The predicted molar refractivity (Wildman–Crippen MR) is 110 cm³/mol. The molecule has 2 aromatic heterocycles. The van der Waals surface area contributed by atoms with Gasteiger partial charge in [0.2, 0.25) is 0 Å². The third-order valence-electron chi connectivity index (χ3n) is 5.28. The zero-order valence-electron chi connectivity index (χ0n) is 16.7. The summed E-state index contributed by atoms with van der Waals surface area (Å²) in [5.41, 5.74) is 2.38. The number of carbonyl (C=O) groups is 1. The van der Waals surface area contributed by atoms with Crippen LogP contribution in [0.3, 0.4) is 0 Å². The SMILES string of the molecule is COc1ccc(OC)c(NC(=O)N2CCCC(Cn3cnc4cccnc43)C2)c1. The van der Waals surface area contributed by atoms with E-state index in [9.17, 15) is 4.79 Å². The highest BCUT2D eigenvalue weighted by Crippen LogP contribution is 2.29. The number of anilines is 1. The first-order chi connectivity index (χ1) is 14.2. The van der Waals surface area contributed by atoms with E-state index in [0.29, 0.717) is 29.6 Å². The van der Waals surface area contributed by atoms with Gasteiger partial charge in [0.15, 0.2) is 5.65 Å². The van der Waals surface area contributed by atoms with E-state index in [1.165, 1.54) is 0 Å². The van der Waals surface area contributed by atoms with Crippen LogP contribution in [0.1, 0.15) is 12.8 Å². The second-order valence-corrected chi connectivity index (χ2v) is 7.19. The summed E-state index contributed by atoms with van der Waals surface area (Å²) < 4.78 is 12.7. The van der Waals surface area contributed by atoms with Gasteiger partial charge in [0.05, 0.1) is 26.2 Å². The Morgan fingerprint density at radius 2 is 2.14 bits per heavy atom. The number of hydrogen-bond donors (Lipinski definition) is 1. The Labute approximate surface area is 169 Å². The van der Waals surface area contributed by atoms with Crippen LogP contribution in [0.25, 0.3) is 11.2 Å². The van der Waals surface area contributed by atoms with Gasteiger partial charge < -0.3 is 24.3 Å². The maximum absolute atomic E-state index is 12.9. The number of nitrogens with one attached hydrogen (secondary N) is 1. The number of urea groups is 1. The van der Waals surface area contributed by atoms with E-state index in [4.69, 9.17) is 9.47 Å². The molecule has 3 heterocycles. The molecule has 29 heavy (non-hydrogen) atoms. The van der Waals surface area contributed by atoms with Crippen molar-refractivity contribution in [3.63, 3.8) is 0 Å². The first kappa shape index (κ1) is 19.0. The summed E-state index contributed by atoms with van der Waals surface area (Å²) in [5.74, 6) is 1.61. The minimum atomic E-state index is -0.130. The van der Waals surface area contributed by atoms with Crippen LogP contribution in [0.4, 0.5) is 10.5 Å². The van der Waals surface area contributed by atoms with Crippen molar-refractivity contribution in [2.24, 2.45) is 5.92 Å². The quantitative estimate of drug-likeness (QED) is 0.716. The molecule has 8 heteroatoms. The summed E-state index contributed by atoms with van der Waals surface area (Å²) in [6, 6.07) is 9.07. The van der Waals surface area contributed by atoms with Gasteiger partial charge in [0, 0.05) is 31.9 Å². The fourth-order valence-electron chi connectivity index (χ4n) is 3.81. The molecule has 1 fully saturated rings. The normalized spacial score (nSPS) is 16.6. The lowest BCUT2D eigenvalue weighted by Crippen LogP contribution is -2.43. The van der Waals surface area contributed by atoms with E-state index < -0.39 is 0 Å². The molecule has 0 radical (unpaired) electrons. The molecule has 4 rings (SSSR count). The molecular weight excluding hydrogens is 370 g/mol. The van der Waals surface area contributed by atoms with Gasteiger partial charge in [-0.2, -0.15) is 0 Å². The van der Waals surface area contributed by atoms with Crippen molar-refractivity contribution in [2.75, 3.05) is 32.6 Å². The van der Waals surface area contributed by atoms with Crippen LogP contribution in [-0.2, 0) is 6.54 Å². The molecule has 1 unspecified atom stereocenters. The lowest BCUT2D eigenvalue weighted by Gasteiger charge is -2.33. The monoisotopic (exact) mass is 395 g/mol. The summed E-state index contributed by atoms with van der Waals surface area (Å²) in [5, 5.41) is 2.97. The molecular formula is C21H25N5O3. The Morgan fingerprint density at radius 1 is 1.24 bits per heavy atom. The van der Waals surface area contributed by atoms with Crippen molar-refractivity contribution >= 4 is 22.9 Å². The minimum absolute atomic E-state index is 0.130. The van der Waals surface area contributed by atoms with Crippen molar-refractivity contribution in [1.82, 2.24) is 19.4 Å². The van der Waals surface area contributed by atoms with Crippen LogP contribution >= 0.6 is 0 Å². The molecule has 1 atom stereocenters. The van der Waals surface area contributed by atoms with Crippen LogP contribution in [-0.4, -0.2) is 52.8 Å². The number of carbonyl (C=O) groups excluding carboxylic acids is 1. The number of aromatic nitrogens is 3. The van der Waals surface area contributed by atoms with Crippen molar-refractivity contribution in [3.8, 4) is 11.5 Å². The van der Waals surface area contributed by atoms with Crippen molar-refractivity contribution < 1.29 is 14.3 Å². The molecule has 0 saturated carbocycles. The number of rotatable bonds is 5. The van der Waals surface area contributed by atoms with Gasteiger partial charge in [-0.25, -0.2) is 14.8 Å². The molecule has 0 bridgehead atoms. The van der Waals surface area contributed by atoms with Crippen LogP contribution in [0, 0.1) is 5.92 Å². The Hall–Kier alpha value is -3.29. The average Bonchev–Trinajstić information content (AvgIpc) is 3.16. The molecule has 0 spiro atoms. The lowest BCUT2D eigenvalue weighted by atomic mass is 9.98. The number of piperidine rings is 1. The smallest absolute Gasteiger partial charge is 0.321 e. The van der Waals surface area contributed by atoms with E-state index in [1.807, 2.05) is 23.4 Å².